The minimum absolute atomic E-state index is 0.0831. The van der Waals surface area contributed by atoms with Crippen LogP contribution in [0, 0.1) is 6.92 Å². The zero-order valence-electron chi connectivity index (χ0n) is 16.1. The van der Waals surface area contributed by atoms with Crippen LogP contribution in [0.5, 0.6) is 5.75 Å². The number of carbonyl (C=O) groups excluding carboxylic acids is 1. The van der Waals surface area contributed by atoms with Crippen molar-refractivity contribution in [2.24, 2.45) is 0 Å². The standard InChI is InChI=1S/C21H23ClN4O2/c1-14(2)17-10-18(22)15(3)9-19(17)28-12-21(27)23-11-20-25-24-13-26(20)16-7-5-4-6-8-16/h4-10,13-14H,11-12H2,1-3H3,(H,23,27). The van der Waals surface area contributed by atoms with E-state index < -0.39 is 0 Å². The molecule has 2 aromatic carbocycles. The minimum Gasteiger partial charge on any atom is -0.483 e. The highest BCUT2D eigenvalue weighted by Gasteiger charge is 2.13. The van der Waals surface area contributed by atoms with Crippen LogP contribution in [0.3, 0.4) is 0 Å². The number of carbonyl (C=O) groups is 1. The van der Waals surface area contributed by atoms with Gasteiger partial charge in [-0.2, -0.15) is 0 Å². The Morgan fingerprint density at radius 2 is 2.00 bits per heavy atom. The molecule has 0 aliphatic rings. The maximum Gasteiger partial charge on any atom is 0.258 e. The van der Waals surface area contributed by atoms with E-state index in [0.29, 0.717) is 16.6 Å². The quantitative estimate of drug-likeness (QED) is 0.651. The van der Waals surface area contributed by atoms with E-state index >= 15 is 0 Å². The maximum atomic E-state index is 12.3. The summed E-state index contributed by atoms with van der Waals surface area (Å²) in [7, 11) is 0. The van der Waals surface area contributed by atoms with Gasteiger partial charge in [0.15, 0.2) is 12.4 Å². The molecule has 0 atom stereocenters. The topological polar surface area (TPSA) is 69.0 Å². The Kier molecular flexibility index (Phi) is 6.31. The second kappa shape index (κ2) is 8.89. The van der Waals surface area contributed by atoms with Crippen molar-refractivity contribution in [2.75, 3.05) is 6.61 Å². The number of hydrogen-bond acceptors (Lipinski definition) is 4. The number of aryl methyl sites for hydroxylation is 1. The molecule has 0 saturated heterocycles. The van der Waals surface area contributed by atoms with E-state index in [9.17, 15) is 4.79 Å². The summed E-state index contributed by atoms with van der Waals surface area (Å²) in [6, 6.07) is 13.5. The lowest BCUT2D eigenvalue weighted by Crippen LogP contribution is -2.29. The van der Waals surface area contributed by atoms with Gasteiger partial charge in [-0.25, -0.2) is 0 Å². The summed E-state index contributed by atoms with van der Waals surface area (Å²) < 4.78 is 7.60. The number of rotatable bonds is 7. The number of hydrogen-bond donors (Lipinski definition) is 1. The molecule has 1 N–H and O–H groups in total. The summed E-state index contributed by atoms with van der Waals surface area (Å²) in [4.78, 5) is 12.3. The molecule has 3 aromatic rings. The zero-order valence-corrected chi connectivity index (χ0v) is 16.9. The van der Waals surface area contributed by atoms with Gasteiger partial charge in [0.1, 0.15) is 12.1 Å². The van der Waals surface area contributed by atoms with Gasteiger partial charge in [0, 0.05) is 10.7 Å². The molecule has 0 unspecified atom stereocenters. The van der Waals surface area contributed by atoms with E-state index in [2.05, 4.69) is 29.4 Å². The molecule has 3 rings (SSSR count). The predicted octanol–water partition coefficient (Wildman–Crippen LogP) is 4.05. The number of aromatic nitrogens is 3. The fourth-order valence-corrected chi connectivity index (χ4v) is 2.97. The highest BCUT2D eigenvalue weighted by Crippen LogP contribution is 2.31. The summed E-state index contributed by atoms with van der Waals surface area (Å²) in [6.45, 7) is 6.21. The third-order valence-corrected chi connectivity index (χ3v) is 4.78. The minimum atomic E-state index is -0.232. The number of halogens is 1. The number of nitrogens with zero attached hydrogens (tertiary/aromatic N) is 3. The number of benzene rings is 2. The van der Waals surface area contributed by atoms with E-state index in [1.165, 1.54) is 0 Å². The molecule has 0 fully saturated rings. The molecule has 28 heavy (non-hydrogen) atoms. The van der Waals surface area contributed by atoms with Crippen molar-refractivity contribution in [1.29, 1.82) is 0 Å². The molecule has 0 aliphatic carbocycles. The van der Waals surface area contributed by atoms with Crippen LogP contribution in [0.1, 0.15) is 36.7 Å². The van der Waals surface area contributed by atoms with Gasteiger partial charge in [0.2, 0.25) is 0 Å². The third kappa shape index (κ3) is 4.70. The van der Waals surface area contributed by atoms with E-state index in [1.54, 1.807) is 6.33 Å². The first-order valence-corrected chi connectivity index (χ1v) is 9.47. The summed E-state index contributed by atoms with van der Waals surface area (Å²) in [5.74, 6) is 1.33. The normalized spacial score (nSPS) is 10.9. The van der Waals surface area contributed by atoms with Gasteiger partial charge < -0.3 is 10.1 Å². The van der Waals surface area contributed by atoms with Gasteiger partial charge >= 0.3 is 0 Å². The van der Waals surface area contributed by atoms with Crippen molar-refractivity contribution >= 4 is 17.5 Å². The molecule has 0 aliphatic heterocycles. The van der Waals surface area contributed by atoms with Crippen LogP contribution in [0.4, 0.5) is 0 Å². The Morgan fingerprint density at radius 1 is 1.25 bits per heavy atom. The maximum absolute atomic E-state index is 12.3. The first-order chi connectivity index (χ1) is 13.5. The van der Waals surface area contributed by atoms with E-state index in [0.717, 1.165) is 16.8 Å². The number of nitrogens with one attached hydrogen (secondary N) is 1. The van der Waals surface area contributed by atoms with Gasteiger partial charge in [-0.3, -0.25) is 9.36 Å². The third-order valence-electron chi connectivity index (χ3n) is 4.37. The number of para-hydroxylation sites is 1. The summed E-state index contributed by atoms with van der Waals surface area (Å²) in [5, 5.41) is 11.5. The number of amides is 1. The molecule has 0 spiro atoms. The summed E-state index contributed by atoms with van der Waals surface area (Å²) >= 11 is 6.21. The molecule has 1 heterocycles. The first kappa shape index (κ1) is 19.9. The SMILES string of the molecule is Cc1cc(OCC(=O)NCc2nncn2-c2ccccc2)c(C(C)C)cc1Cl. The Morgan fingerprint density at radius 3 is 2.71 bits per heavy atom. The lowest BCUT2D eigenvalue weighted by molar-refractivity contribution is -0.123. The van der Waals surface area contributed by atoms with Crippen LogP contribution < -0.4 is 10.1 Å². The van der Waals surface area contributed by atoms with Crippen LogP contribution in [0.25, 0.3) is 5.69 Å². The first-order valence-electron chi connectivity index (χ1n) is 9.09. The smallest absolute Gasteiger partial charge is 0.258 e. The molecule has 1 aromatic heterocycles. The van der Waals surface area contributed by atoms with E-state index in [-0.39, 0.29) is 25.0 Å². The average Bonchev–Trinajstić information content (AvgIpc) is 3.16. The highest BCUT2D eigenvalue weighted by molar-refractivity contribution is 6.31. The van der Waals surface area contributed by atoms with Crippen molar-refractivity contribution in [2.45, 2.75) is 33.2 Å². The molecule has 0 bridgehead atoms. The Balaban J connectivity index is 1.61. The van der Waals surface area contributed by atoms with Crippen molar-refractivity contribution in [3.05, 3.63) is 70.8 Å². The van der Waals surface area contributed by atoms with Crippen LogP contribution >= 0.6 is 11.6 Å². The highest BCUT2D eigenvalue weighted by atomic mass is 35.5. The van der Waals surface area contributed by atoms with Crippen LogP contribution in [0.15, 0.2) is 48.8 Å². The van der Waals surface area contributed by atoms with Crippen LogP contribution in [0.2, 0.25) is 5.02 Å². The van der Waals surface area contributed by atoms with Crippen molar-refractivity contribution in [1.82, 2.24) is 20.1 Å². The van der Waals surface area contributed by atoms with Crippen molar-refractivity contribution < 1.29 is 9.53 Å². The molecule has 6 nitrogen and oxygen atoms in total. The fraction of sp³-hybridized carbons (Fsp3) is 0.286. The van der Waals surface area contributed by atoms with Gasteiger partial charge in [0.05, 0.1) is 6.54 Å². The summed E-state index contributed by atoms with van der Waals surface area (Å²) in [6.07, 6.45) is 1.62. The molecule has 7 heteroatoms. The van der Waals surface area contributed by atoms with Gasteiger partial charge in [-0.05, 0) is 48.2 Å². The average molecular weight is 399 g/mol. The van der Waals surface area contributed by atoms with Crippen molar-refractivity contribution in [3.8, 4) is 11.4 Å². The van der Waals surface area contributed by atoms with Crippen LogP contribution in [-0.4, -0.2) is 27.3 Å². The Bertz CT molecular complexity index is 954. The van der Waals surface area contributed by atoms with Crippen LogP contribution in [-0.2, 0) is 11.3 Å². The monoisotopic (exact) mass is 398 g/mol. The lowest BCUT2D eigenvalue weighted by Gasteiger charge is -2.16. The predicted molar refractivity (Wildman–Crippen MR) is 109 cm³/mol. The van der Waals surface area contributed by atoms with E-state index in [1.807, 2.05) is 54.0 Å². The summed E-state index contributed by atoms with van der Waals surface area (Å²) in [5.41, 5.74) is 2.83. The Labute approximate surface area is 169 Å². The molecule has 1 amide bonds. The second-order valence-corrected chi connectivity index (χ2v) is 7.22. The van der Waals surface area contributed by atoms with Gasteiger partial charge in [-0.15, -0.1) is 10.2 Å². The zero-order chi connectivity index (χ0) is 20.1. The molecular formula is C21H23ClN4O2. The molecular weight excluding hydrogens is 376 g/mol. The molecule has 0 saturated carbocycles. The van der Waals surface area contributed by atoms with E-state index in [4.69, 9.17) is 16.3 Å². The van der Waals surface area contributed by atoms with Crippen molar-refractivity contribution in [3.63, 3.8) is 0 Å². The Hall–Kier alpha value is -2.86. The molecule has 146 valence electrons. The van der Waals surface area contributed by atoms with Gasteiger partial charge in [-0.1, -0.05) is 43.6 Å². The van der Waals surface area contributed by atoms with Gasteiger partial charge in [0.25, 0.3) is 5.91 Å². The lowest BCUT2D eigenvalue weighted by atomic mass is 10.0. The largest absolute Gasteiger partial charge is 0.483 e. The fourth-order valence-electron chi connectivity index (χ4n) is 2.80. The number of ether oxygens (including phenoxy) is 1. The molecule has 0 radical (unpaired) electrons. The second-order valence-electron chi connectivity index (χ2n) is 6.81.